The Morgan fingerprint density at radius 1 is 1.53 bits per heavy atom. The Hall–Kier alpha value is -1.17. The highest BCUT2D eigenvalue weighted by molar-refractivity contribution is 5.30. The van der Waals surface area contributed by atoms with E-state index in [1.54, 1.807) is 13.3 Å². The number of nitrogens with zero attached hydrogens (tertiary/aromatic N) is 1. The van der Waals surface area contributed by atoms with Crippen LogP contribution in [0, 0.1) is 0 Å². The second-order valence-electron chi connectivity index (χ2n) is 3.84. The van der Waals surface area contributed by atoms with E-state index in [2.05, 4.69) is 10.3 Å². The molecule has 0 amide bonds. The van der Waals surface area contributed by atoms with Gasteiger partial charge >= 0.3 is 0 Å². The first-order valence-corrected chi connectivity index (χ1v) is 5.72. The summed E-state index contributed by atoms with van der Waals surface area (Å²) in [5.41, 5.74) is 0.855. The zero-order valence-electron chi connectivity index (χ0n) is 10.2. The van der Waals surface area contributed by atoms with Gasteiger partial charge in [0, 0.05) is 6.20 Å². The number of methoxy groups -OCH3 is 1. The molecule has 1 N–H and O–H groups in total. The molecule has 0 radical (unpaired) electrons. The lowest BCUT2D eigenvalue weighted by Crippen LogP contribution is -2.39. The zero-order chi connectivity index (χ0) is 12.1. The average Bonchev–Trinajstić information content (AvgIpc) is 2.41. The molecule has 0 bridgehead atoms. The summed E-state index contributed by atoms with van der Waals surface area (Å²) in [6, 6.07) is 3.73. The Bertz CT molecular complexity index is 353. The van der Waals surface area contributed by atoms with Gasteiger partial charge in [0.1, 0.15) is 17.5 Å². The number of ether oxygens (including phenoxy) is 3. The standard InChI is InChI=1S/C12H18N2O3/c1-13-11(10-8-16-6-7-17-10)12-9(15-2)4-3-5-14-12/h3-5,10-11,13H,6-8H2,1-2H3. The summed E-state index contributed by atoms with van der Waals surface area (Å²) in [7, 11) is 3.53. The van der Waals surface area contributed by atoms with Crippen LogP contribution < -0.4 is 10.1 Å². The Kier molecular flexibility index (Phi) is 4.30. The zero-order valence-corrected chi connectivity index (χ0v) is 10.2. The molecular weight excluding hydrogens is 220 g/mol. The Morgan fingerprint density at radius 2 is 2.41 bits per heavy atom. The lowest BCUT2D eigenvalue weighted by molar-refractivity contribution is -0.102. The smallest absolute Gasteiger partial charge is 0.142 e. The molecule has 0 saturated carbocycles. The third-order valence-electron chi connectivity index (χ3n) is 2.84. The fourth-order valence-corrected chi connectivity index (χ4v) is 2.01. The van der Waals surface area contributed by atoms with Crippen molar-refractivity contribution in [3.8, 4) is 5.75 Å². The van der Waals surface area contributed by atoms with Gasteiger partial charge in [0.15, 0.2) is 0 Å². The van der Waals surface area contributed by atoms with E-state index in [9.17, 15) is 0 Å². The Balaban J connectivity index is 2.21. The number of hydrogen-bond donors (Lipinski definition) is 1. The summed E-state index contributed by atoms with van der Waals surface area (Å²) in [6.45, 7) is 1.86. The van der Waals surface area contributed by atoms with Crippen LogP contribution in [-0.4, -0.2) is 45.1 Å². The third-order valence-corrected chi connectivity index (χ3v) is 2.84. The molecule has 0 spiro atoms. The molecule has 17 heavy (non-hydrogen) atoms. The van der Waals surface area contributed by atoms with Crippen molar-refractivity contribution in [1.29, 1.82) is 0 Å². The molecule has 0 aromatic carbocycles. The first kappa shape index (κ1) is 12.3. The SMILES string of the molecule is CNC(c1ncccc1OC)C1COCCO1. The molecule has 0 aliphatic carbocycles. The van der Waals surface area contributed by atoms with E-state index in [1.807, 2.05) is 19.2 Å². The first-order chi connectivity index (χ1) is 8.36. The quantitative estimate of drug-likeness (QED) is 0.839. The van der Waals surface area contributed by atoms with Gasteiger partial charge in [-0.3, -0.25) is 4.98 Å². The van der Waals surface area contributed by atoms with Gasteiger partial charge in [-0.2, -0.15) is 0 Å². The van der Waals surface area contributed by atoms with Gasteiger partial charge in [-0.25, -0.2) is 0 Å². The number of rotatable bonds is 4. The summed E-state index contributed by atoms with van der Waals surface area (Å²) in [4.78, 5) is 4.37. The van der Waals surface area contributed by atoms with Crippen molar-refractivity contribution >= 4 is 0 Å². The highest BCUT2D eigenvalue weighted by atomic mass is 16.6. The largest absolute Gasteiger partial charge is 0.495 e. The van der Waals surface area contributed by atoms with Crippen molar-refractivity contribution < 1.29 is 14.2 Å². The van der Waals surface area contributed by atoms with Crippen LogP contribution in [0.15, 0.2) is 18.3 Å². The topological polar surface area (TPSA) is 52.6 Å². The molecule has 1 aromatic rings. The minimum atomic E-state index is -0.0300. The molecule has 1 aromatic heterocycles. The van der Waals surface area contributed by atoms with Gasteiger partial charge in [0.2, 0.25) is 0 Å². The Labute approximate surface area is 101 Å². The lowest BCUT2D eigenvalue weighted by atomic mass is 10.1. The van der Waals surface area contributed by atoms with Crippen molar-refractivity contribution in [3.63, 3.8) is 0 Å². The molecule has 2 rings (SSSR count). The van der Waals surface area contributed by atoms with Crippen molar-refractivity contribution in [2.45, 2.75) is 12.1 Å². The average molecular weight is 238 g/mol. The van der Waals surface area contributed by atoms with Crippen molar-refractivity contribution in [2.75, 3.05) is 34.0 Å². The predicted molar refractivity (Wildman–Crippen MR) is 63.1 cm³/mol. The molecule has 94 valence electrons. The third kappa shape index (κ3) is 2.74. The van der Waals surface area contributed by atoms with Crippen LogP contribution in [0.25, 0.3) is 0 Å². The molecule has 5 heteroatoms. The summed E-state index contributed by atoms with van der Waals surface area (Å²) >= 11 is 0. The molecule has 1 saturated heterocycles. The van der Waals surface area contributed by atoms with E-state index in [4.69, 9.17) is 14.2 Å². The predicted octanol–water partition coefficient (Wildman–Crippen LogP) is 0.766. The molecule has 2 atom stereocenters. The van der Waals surface area contributed by atoms with Crippen LogP contribution in [0.2, 0.25) is 0 Å². The highest BCUT2D eigenvalue weighted by Crippen LogP contribution is 2.26. The summed E-state index contributed by atoms with van der Waals surface area (Å²) in [5, 5.41) is 3.22. The summed E-state index contributed by atoms with van der Waals surface area (Å²) in [5.74, 6) is 0.765. The van der Waals surface area contributed by atoms with Gasteiger partial charge < -0.3 is 19.5 Å². The number of hydrogen-bond acceptors (Lipinski definition) is 5. The molecule has 5 nitrogen and oxygen atoms in total. The van der Waals surface area contributed by atoms with Gasteiger partial charge in [-0.05, 0) is 19.2 Å². The molecule has 2 heterocycles. The minimum Gasteiger partial charge on any atom is -0.495 e. The van der Waals surface area contributed by atoms with Crippen LogP contribution in [0.1, 0.15) is 11.7 Å². The van der Waals surface area contributed by atoms with Crippen LogP contribution in [0.4, 0.5) is 0 Å². The van der Waals surface area contributed by atoms with Gasteiger partial charge in [0.05, 0.1) is 33.0 Å². The van der Waals surface area contributed by atoms with E-state index in [-0.39, 0.29) is 12.1 Å². The second kappa shape index (κ2) is 5.95. The first-order valence-electron chi connectivity index (χ1n) is 5.72. The molecule has 1 aliphatic rings. The van der Waals surface area contributed by atoms with Crippen LogP contribution in [0.3, 0.4) is 0 Å². The number of likely N-dealkylation sites (N-methyl/N-ethyl adjacent to an activating group) is 1. The minimum absolute atomic E-state index is 0.0218. The van der Waals surface area contributed by atoms with Crippen molar-refractivity contribution in [2.24, 2.45) is 0 Å². The summed E-state index contributed by atoms with van der Waals surface area (Å²) in [6.07, 6.45) is 1.73. The van der Waals surface area contributed by atoms with Gasteiger partial charge in [-0.15, -0.1) is 0 Å². The number of pyridine rings is 1. The molecular formula is C12H18N2O3. The second-order valence-corrected chi connectivity index (χ2v) is 3.84. The van der Waals surface area contributed by atoms with Crippen LogP contribution in [-0.2, 0) is 9.47 Å². The fourth-order valence-electron chi connectivity index (χ4n) is 2.01. The number of nitrogens with one attached hydrogen (secondary N) is 1. The maximum Gasteiger partial charge on any atom is 0.142 e. The lowest BCUT2D eigenvalue weighted by Gasteiger charge is -2.30. The van der Waals surface area contributed by atoms with Gasteiger partial charge in [0.25, 0.3) is 0 Å². The summed E-state index contributed by atoms with van der Waals surface area (Å²) < 4.78 is 16.4. The van der Waals surface area contributed by atoms with Crippen molar-refractivity contribution in [1.82, 2.24) is 10.3 Å². The normalized spacial score (nSPS) is 22.1. The highest BCUT2D eigenvalue weighted by Gasteiger charge is 2.28. The van der Waals surface area contributed by atoms with Gasteiger partial charge in [-0.1, -0.05) is 0 Å². The molecule has 1 fully saturated rings. The maximum atomic E-state index is 5.70. The van der Waals surface area contributed by atoms with Crippen molar-refractivity contribution in [3.05, 3.63) is 24.0 Å². The fraction of sp³-hybridized carbons (Fsp3) is 0.583. The van der Waals surface area contributed by atoms with Crippen LogP contribution >= 0.6 is 0 Å². The van der Waals surface area contributed by atoms with E-state index in [0.29, 0.717) is 19.8 Å². The van der Waals surface area contributed by atoms with Crippen LogP contribution in [0.5, 0.6) is 5.75 Å². The monoisotopic (exact) mass is 238 g/mol. The number of aromatic nitrogens is 1. The van der Waals surface area contributed by atoms with E-state index in [1.165, 1.54) is 0 Å². The van der Waals surface area contributed by atoms with E-state index in [0.717, 1.165) is 11.4 Å². The maximum absolute atomic E-state index is 5.70. The van der Waals surface area contributed by atoms with E-state index < -0.39 is 0 Å². The van der Waals surface area contributed by atoms with E-state index >= 15 is 0 Å². The Morgan fingerprint density at radius 3 is 3.06 bits per heavy atom. The molecule has 1 aliphatic heterocycles. The molecule has 2 unspecified atom stereocenters.